The van der Waals surface area contributed by atoms with Crippen LogP contribution in [0, 0.1) is 5.92 Å². The molecule has 0 saturated carbocycles. The summed E-state index contributed by atoms with van der Waals surface area (Å²) in [7, 11) is 2.24. The molecule has 2 aliphatic rings. The topological polar surface area (TPSA) is 60.4 Å². The fourth-order valence-corrected chi connectivity index (χ4v) is 5.29. The first-order valence-electron chi connectivity index (χ1n) is 10.8. The van der Waals surface area contributed by atoms with Crippen LogP contribution in [0.15, 0.2) is 22.5 Å². The van der Waals surface area contributed by atoms with Gasteiger partial charge in [0.15, 0.2) is 5.96 Å². The quantitative estimate of drug-likeness (QED) is 0.346. The van der Waals surface area contributed by atoms with Crippen LogP contribution in [0.5, 0.6) is 0 Å². The van der Waals surface area contributed by atoms with Crippen molar-refractivity contribution in [3.8, 4) is 0 Å². The van der Waals surface area contributed by atoms with Crippen LogP contribution in [-0.2, 0) is 4.74 Å². The zero-order chi connectivity index (χ0) is 20.6. The second-order valence-electron chi connectivity index (χ2n) is 7.71. The molecule has 3 heterocycles. The van der Waals surface area contributed by atoms with E-state index in [9.17, 15) is 4.79 Å². The van der Waals surface area contributed by atoms with Crippen LogP contribution in [0.4, 0.5) is 4.79 Å². The Kier molecular flexibility index (Phi) is 10.7. The van der Waals surface area contributed by atoms with Crippen molar-refractivity contribution in [2.24, 2.45) is 10.9 Å². The van der Waals surface area contributed by atoms with Crippen molar-refractivity contribution in [3.05, 3.63) is 22.4 Å². The van der Waals surface area contributed by atoms with Crippen LogP contribution in [0.3, 0.4) is 0 Å². The van der Waals surface area contributed by atoms with Gasteiger partial charge in [0, 0.05) is 50.2 Å². The third-order valence-corrected chi connectivity index (χ3v) is 6.70. The Morgan fingerprint density at radius 2 is 1.97 bits per heavy atom. The van der Waals surface area contributed by atoms with E-state index in [2.05, 4.69) is 46.6 Å². The van der Waals surface area contributed by atoms with Crippen LogP contribution in [0.2, 0.25) is 0 Å². The number of hydrogen-bond donors (Lipinski definition) is 1. The summed E-state index contributed by atoms with van der Waals surface area (Å²) in [6.45, 7) is 10.1. The van der Waals surface area contributed by atoms with Crippen LogP contribution in [0.1, 0.15) is 37.6 Å². The van der Waals surface area contributed by atoms with Gasteiger partial charge in [-0.25, -0.2) is 4.79 Å². The van der Waals surface area contributed by atoms with Gasteiger partial charge in [0.05, 0.1) is 6.61 Å². The molecule has 3 rings (SSSR count). The zero-order valence-electron chi connectivity index (χ0n) is 18.4. The van der Waals surface area contributed by atoms with E-state index in [1.54, 1.807) is 4.90 Å². The number of likely N-dealkylation sites (tertiary alicyclic amines) is 1. The van der Waals surface area contributed by atoms with Gasteiger partial charge in [0.25, 0.3) is 0 Å². The van der Waals surface area contributed by atoms with Crippen LogP contribution >= 0.6 is 35.3 Å². The first-order chi connectivity index (χ1) is 14.1. The number of rotatable bonds is 5. The average Bonchev–Trinajstić information content (AvgIpc) is 3.26. The summed E-state index contributed by atoms with van der Waals surface area (Å²) >= 11 is 1.85. The van der Waals surface area contributed by atoms with E-state index in [0.29, 0.717) is 31.7 Å². The van der Waals surface area contributed by atoms with Gasteiger partial charge in [-0.3, -0.25) is 9.89 Å². The fraction of sp³-hybridized carbons (Fsp3) is 0.714. The van der Waals surface area contributed by atoms with E-state index in [-0.39, 0.29) is 30.1 Å². The van der Waals surface area contributed by atoms with Gasteiger partial charge in [-0.1, -0.05) is 6.07 Å². The monoisotopic (exact) mass is 549 g/mol. The number of ether oxygens (including phenoxy) is 1. The maximum atomic E-state index is 11.9. The van der Waals surface area contributed by atoms with E-state index < -0.39 is 0 Å². The van der Waals surface area contributed by atoms with Crippen molar-refractivity contribution in [2.45, 2.75) is 32.7 Å². The van der Waals surface area contributed by atoms with E-state index in [0.717, 1.165) is 38.7 Å². The van der Waals surface area contributed by atoms with Crippen molar-refractivity contribution in [1.82, 2.24) is 20.0 Å². The summed E-state index contributed by atoms with van der Waals surface area (Å²) in [5.74, 6) is 1.50. The summed E-state index contributed by atoms with van der Waals surface area (Å²) in [6.07, 6.45) is 2.23. The lowest BCUT2D eigenvalue weighted by atomic mass is 9.88. The van der Waals surface area contributed by atoms with Crippen LogP contribution < -0.4 is 5.32 Å². The summed E-state index contributed by atoms with van der Waals surface area (Å²) in [5, 5.41) is 5.62. The Balaban J connectivity index is 0.00000320. The second kappa shape index (κ2) is 12.7. The molecule has 2 unspecified atom stereocenters. The van der Waals surface area contributed by atoms with Gasteiger partial charge >= 0.3 is 6.09 Å². The van der Waals surface area contributed by atoms with Crippen molar-refractivity contribution >= 4 is 47.4 Å². The lowest BCUT2D eigenvalue weighted by Crippen LogP contribution is -2.54. The van der Waals surface area contributed by atoms with Gasteiger partial charge in [0.2, 0.25) is 0 Å². The molecule has 2 saturated heterocycles. The number of nitrogens with zero attached hydrogens (tertiary/aromatic N) is 4. The molecule has 0 spiro atoms. The highest BCUT2D eigenvalue weighted by Crippen LogP contribution is 2.37. The maximum absolute atomic E-state index is 11.9. The number of guanidine groups is 1. The molecule has 1 N–H and O–H groups in total. The number of thiophene rings is 1. The first-order valence-corrected chi connectivity index (χ1v) is 11.7. The number of aliphatic imine (C=N–C) groups is 1. The zero-order valence-corrected chi connectivity index (χ0v) is 21.5. The summed E-state index contributed by atoms with van der Waals surface area (Å²) < 4.78 is 5.13. The molecule has 0 radical (unpaired) electrons. The Morgan fingerprint density at radius 1 is 1.23 bits per heavy atom. The number of halogens is 1. The van der Waals surface area contributed by atoms with Gasteiger partial charge < -0.3 is 19.9 Å². The Hall–Kier alpha value is -1.07. The minimum atomic E-state index is -0.210. The molecule has 1 aromatic heterocycles. The molecule has 0 aromatic carbocycles. The molecule has 0 bridgehead atoms. The third kappa shape index (κ3) is 6.46. The van der Waals surface area contributed by atoms with E-state index in [1.807, 2.05) is 18.3 Å². The average molecular weight is 550 g/mol. The number of carbonyl (C=O) groups excluding carboxylic acids is 1. The van der Waals surface area contributed by atoms with Crippen LogP contribution in [0.25, 0.3) is 0 Å². The van der Waals surface area contributed by atoms with Crippen molar-refractivity contribution < 1.29 is 9.53 Å². The lowest BCUT2D eigenvalue weighted by molar-refractivity contribution is 0.0913. The molecule has 170 valence electrons. The van der Waals surface area contributed by atoms with Crippen LogP contribution in [-0.4, -0.2) is 86.2 Å². The third-order valence-electron chi connectivity index (χ3n) is 5.76. The second-order valence-corrected chi connectivity index (χ2v) is 8.69. The lowest BCUT2D eigenvalue weighted by Gasteiger charge is -2.39. The van der Waals surface area contributed by atoms with Crippen molar-refractivity contribution in [2.75, 3.05) is 59.5 Å². The highest BCUT2D eigenvalue weighted by Gasteiger charge is 2.31. The Bertz CT molecular complexity index is 664. The molecule has 2 atom stereocenters. The molecule has 0 aliphatic carbocycles. The number of nitrogens with one attached hydrogen (secondary N) is 1. The van der Waals surface area contributed by atoms with E-state index in [1.165, 1.54) is 17.7 Å². The van der Waals surface area contributed by atoms with E-state index in [4.69, 9.17) is 9.73 Å². The predicted molar refractivity (Wildman–Crippen MR) is 134 cm³/mol. The Labute approximate surface area is 201 Å². The SMILES string of the molecule is CCNC(=NCC1CCCN(C)C1c1cccs1)N1CCN(C(=O)OCC)CC1.I. The molecular formula is C21H36IN5O2S. The number of piperidine rings is 1. The molecule has 9 heteroatoms. The number of amides is 1. The molecule has 2 fully saturated rings. The van der Waals surface area contributed by atoms with Gasteiger partial charge in [-0.15, -0.1) is 35.3 Å². The minimum absolute atomic E-state index is 0. The van der Waals surface area contributed by atoms with Gasteiger partial charge in [-0.05, 0) is 57.6 Å². The van der Waals surface area contributed by atoms with Crippen molar-refractivity contribution in [1.29, 1.82) is 0 Å². The summed E-state index contributed by atoms with van der Waals surface area (Å²) in [4.78, 5) is 25.0. The standard InChI is InChI=1S/C21H35N5O2S.HI/c1-4-22-20(25-11-13-26(14-12-25)21(27)28-5-2)23-16-17-8-6-10-24(3)19(17)18-9-7-15-29-18;/h7,9,15,17,19H,4-6,8,10-14,16H2,1-3H3,(H,22,23);1H. The molecule has 1 amide bonds. The smallest absolute Gasteiger partial charge is 0.409 e. The van der Waals surface area contributed by atoms with E-state index >= 15 is 0 Å². The number of hydrogen-bond acceptors (Lipinski definition) is 5. The molecule has 2 aliphatic heterocycles. The molecule has 30 heavy (non-hydrogen) atoms. The van der Waals surface area contributed by atoms with Gasteiger partial charge in [-0.2, -0.15) is 0 Å². The Morgan fingerprint density at radius 3 is 2.60 bits per heavy atom. The molecular weight excluding hydrogens is 513 g/mol. The summed E-state index contributed by atoms with van der Waals surface area (Å²) in [5.41, 5.74) is 0. The largest absolute Gasteiger partial charge is 0.450 e. The maximum Gasteiger partial charge on any atom is 0.409 e. The highest BCUT2D eigenvalue weighted by atomic mass is 127. The van der Waals surface area contributed by atoms with Crippen molar-refractivity contribution in [3.63, 3.8) is 0 Å². The predicted octanol–water partition coefficient (Wildman–Crippen LogP) is 3.49. The van der Waals surface area contributed by atoms with Gasteiger partial charge in [0.1, 0.15) is 0 Å². The minimum Gasteiger partial charge on any atom is -0.450 e. The first kappa shape index (κ1) is 25.2. The summed E-state index contributed by atoms with van der Waals surface area (Å²) in [6, 6.07) is 4.86. The normalized spacial score (nSPS) is 23.1. The number of carbonyl (C=O) groups is 1. The fourth-order valence-electron chi connectivity index (χ4n) is 4.31. The highest BCUT2D eigenvalue weighted by molar-refractivity contribution is 14.0. The molecule has 1 aromatic rings. The molecule has 7 nitrogen and oxygen atoms in total. The number of piperazine rings is 1.